The molecule has 0 unspecified atom stereocenters. The minimum absolute atomic E-state index is 0.0386. The minimum atomic E-state index is -0.831. The highest BCUT2D eigenvalue weighted by atomic mass is 16.6. The van der Waals surface area contributed by atoms with E-state index in [1.54, 1.807) is 7.11 Å². The first-order valence-electron chi connectivity index (χ1n) is 9.87. The van der Waals surface area contributed by atoms with Gasteiger partial charge in [-0.25, -0.2) is 0 Å². The topological polar surface area (TPSA) is 52.6 Å². The van der Waals surface area contributed by atoms with E-state index in [2.05, 4.69) is 36.4 Å². The molecule has 6 atom stereocenters. The van der Waals surface area contributed by atoms with E-state index in [9.17, 15) is 9.59 Å². The molecule has 2 fully saturated rings. The van der Waals surface area contributed by atoms with Crippen molar-refractivity contribution in [2.45, 2.75) is 18.3 Å². The standard InChI is InChI=1S/C24H18O4/c1-27-14-8-9-17-18(11-14)20-16-5-3-2-4-15(16)19(17)23-12-6-7-13(10-12)24(20,23)22(26)28-21(23)25/h2-9,11-13,19-20H,10H2,1H3/t12-,13+,19-,20+,23+,24+/m1/s1. The zero-order valence-corrected chi connectivity index (χ0v) is 15.3. The molecule has 0 aromatic heterocycles. The molecule has 0 amide bonds. The van der Waals surface area contributed by atoms with Crippen molar-refractivity contribution in [2.75, 3.05) is 7.11 Å². The van der Waals surface area contributed by atoms with E-state index < -0.39 is 10.8 Å². The largest absolute Gasteiger partial charge is 0.497 e. The summed E-state index contributed by atoms with van der Waals surface area (Å²) >= 11 is 0. The van der Waals surface area contributed by atoms with Gasteiger partial charge in [-0.05, 0) is 52.6 Å². The van der Waals surface area contributed by atoms with E-state index in [1.165, 1.54) is 5.56 Å². The predicted molar refractivity (Wildman–Crippen MR) is 99.8 cm³/mol. The van der Waals surface area contributed by atoms with Crippen LogP contribution >= 0.6 is 0 Å². The molecular formula is C24H18O4. The number of ether oxygens (including phenoxy) is 2. The molecular weight excluding hydrogens is 352 g/mol. The number of hydrogen-bond acceptors (Lipinski definition) is 4. The van der Waals surface area contributed by atoms with Crippen molar-refractivity contribution in [3.63, 3.8) is 0 Å². The molecule has 2 aromatic rings. The maximum absolute atomic E-state index is 13.5. The summed E-state index contributed by atoms with van der Waals surface area (Å²) in [6.07, 6.45) is 5.17. The van der Waals surface area contributed by atoms with Crippen LogP contribution in [0.1, 0.15) is 40.5 Å². The second kappa shape index (κ2) is 4.40. The van der Waals surface area contributed by atoms with Gasteiger partial charge in [-0.3, -0.25) is 9.59 Å². The van der Waals surface area contributed by atoms with Crippen LogP contribution in [0, 0.1) is 22.7 Å². The van der Waals surface area contributed by atoms with Crippen LogP contribution in [-0.4, -0.2) is 19.0 Å². The molecule has 1 heterocycles. The van der Waals surface area contributed by atoms with Gasteiger partial charge in [0.15, 0.2) is 0 Å². The number of methoxy groups -OCH3 is 1. The van der Waals surface area contributed by atoms with Gasteiger partial charge in [0.05, 0.1) is 7.11 Å². The smallest absolute Gasteiger partial charge is 0.322 e. The quantitative estimate of drug-likeness (QED) is 0.438. The number of rotatable bonds is 1. The SMILES string of the molecule is COc1ccc2c(c1)[C@@H]1c3ccccc3[C@H]2[C@@]23C(=O)OC(=O)[C@]12[C@H]1C=C[C@@H]3C1. The molecule has 1 saturated carbocycles. The Kier molecular flexibility index (Phi) is 2.37. The Morgan fingerprint density at radius 1 is 0.857 bits per heavy atom. The van der Waals surface area contributed by atoms with Crippen molar-refractivity contribution < 1.29 is 19.1 Å². The third-order valence-corrected chi connectivity index (χ3v) is 8.24. The van der Waals surface area contributed by atoms with E-state index in [4.69, 9.17) is 9.47 Å². The summed E-state index contributed by atoms with van der Waals surface area (Å²) in [5.41, 5.74) is 2.95. The molecule has 1 aliphatic heterocycles. The Bertz CT molecular complexity index is 1150. The first-order chi connectivity index (χ1) is 13.7. The summed E-state index contributed by atoms with van der Waals surface area (Å²) in [7, 11) is 1.66. The van der Waals surface area contributed by atoms with Crippen molar-refractivity contribution in [1.29, 1.82) is 0 Å². The molecule has 0 radical (unpaired) electrons. The maximum atomic E-state index is 13.5. The number of allylic oxidation sites excluding steroid dienone is 2. The lowest BCUT2D eigenvalue weighted by Crippen LogP contribution is -2.60. The van der Waals surface area contributed by atoms with Gasteiger partial charge < -0.3 is 9.47 Å². The van der Waals surface area contributed by atoms with Gasteiger partial charge in [-0.1, -0.05) is 42.5 Å². The van der Waals surface area contributed by atoms with Crippen LogP contribution in [0.4, 0.5) is 0 Å². The van der Waals surface area contributed by atoms with E-state index in [1.807, 2.05) is 18.2 Å². The molecule has 8 rings (SSSR count). The lowest BCUT2D eigenvalue weighted by molar-refractivity contribution is -0.157. The second-order valence-corrected chi connectivity index (χ2v) is 8.74. The van der Waals surface area contributed by atoms with Crippen LogP contribution in [0.25, 0.3) is 0 Å². The number of hydrogen-bond donors (Lipinski definition) is 0. The Labute approximate surface area is 162 Å². The van der Waals surface area contributed by atoms with Gasteiger partial charge in [0.2, 0.25) is 0 Å². The van der Waals surface area contributed by atoms with E-state index >= 15 is 0 Å². The van der Waals surface area contributed by atoms with Crippen LogP contribution in [0.2, 0.25) is 0 Å². The average molecular weight is 370 g/mol. The van der Waals surface area contributed by atoms with Gasteiger partial charge in [-0.15, -0.1) is 0 Å². The van der Waals surface area contributed by atoms with Crippen molar-refractivity contribution >= 4 is 11.9 Å². The number of carbonyl (C=O) groups is 2. The molecule has 5 aliphatic carbocycles. The van der Waals surface area contributed by atoms with Crippen molar-refractivity contribution in [1.82, 2.24) is 0 Å². The molecule has 2 aromatic carbocycles. The fourth-order valence-corrected chi connectivity index (χ4v) is 7.57. The predicted octanol–water partition coefficient (Wildman–Crippen LogP) is 3.55. The van der Waals surface area contributed by atoms with Gasteiger partial charge in [0.1, 0.15) is 16.6 Å². The fourth-order valence-electron chi connectivity index (χ4n) is 7.57. The normalized spacial score (nSPS) is 40.0. The lowest BCUT2D eigenvalue weighted by Gasteiger charge is -2.59. The molecule has 4 bridgehead atoms. The zero-order chi connectivity index (χ0) is 18.8. The Balaban J connectivity index is 1.68. The third-order valence-electron chi connectivity index (χ3n) is 8.24. The van der Waals surface area contributed by atoms with Gasteiger partial charge in [0.25, 0.3) is 0 Å². The number of esters is 2. The number of cyclic esters (lactones) is 2. The first-order valence-corrected chi connectivity index (χ1v) is 9.87. The van der Waals surface area contributed by atoms with E-state index in [0.717, 1.165) is 28.9 Å². The second-order valence-electron chi connectivity index (χ2n) is 8.74. The van der Waals surface area contributed by atoms with Crippen molar-refractivity contribution in [2.24, 2.45) is 22.7 Å². The Morgan fingerprint density at radius 3 is 2.04 bits per heavy atom. The maximum Gasteiger partial charge on any atom is 0.322 e. The first kappa shape index (κ1) is 15.1. The van der Waals surface area contributed by atoms with Crippen LogP contribution in [0.15, 0.2) is 54.6 Å². The zero-order valence-electron chi connectivity index (χ0n) is 15.3. The van der Waals surface area contributed by atoms with Gasteiger partial charge in [0, 0.05) is 11.8 Å². The van der Waals surface area contributed by atoms with Crippen molar-refractivity contribution in [3.8, 4) is 5.75 Å². The molecule has 0 spiro atoms. The van der Waals surface area contributed by atoms with Gasteiger partial charge >= 0.3 is 11.9 Å². The van der Waals surface area contributed by atoms with Crippen LogP contribution < -0.4 is 4.74 Å². The fraction of sp³-hybridized carbons (Fsp3) is 0.333. The summed E-state index contributed by atoms with van der Waals surface area (Å²) in [4.78, 5) is 26.9. The minimum Gasteiger partial charge on any atom is -0.497 e. The molecule has 138 valence electrons. The molecule has 28 heavy (non-hydrogen) atoms. The number of carbonyl (C=O) groups excluding carboxylic acids is 2. The highest BCUT2D eigenvalue weighted by Crippen LogP contribution is 2.82. The van der Waals surface area contributed by atoms with E-state index in [-0.39, 0.29) is 35.6 Å². The van der Waals surface area contributed by atoms with Crippen LogP contribution in [0.5, 0.6) is 5.75 Å². The van der Waals surface area contributed by atoms with Crippen LogP contribution in [0.3, 0.4) is 0 Å². The molecule has 1 saturated heterocycles. The van der Waals surface area contributed by atoms with Crippen LogP contribution in [-0.2, 0) is 14.3 Å². The lowest BCUT2D eigenvalue weighted by atomic mass is 9.38. The van der Waals surface area contributed by atoms with Gasteiger partial charge in [-0.2, -0.15) is 0 Å². The highest BCUT2D eigenvalue weighted by Gasteiger charge is 2.86. The summed E-state index contributed by atoms with van der Waals surface area (Å²) in [6.45, 7) is 0. The Morgan fingerprint density at radius 2 is 1.43 bits per heavy atom. The highest BCUT2D eigenvalue weighted by molar-refractivity contribution is 6.07. The third kappa shape index (κ3) is 1.20. The molecule has 6 aliphatic rings. The number of benzene rings is 2. The molecule has 4 nitrogen and oxygen atoms in total. The van der Waals surface area contributed by atoms with Crippen molar-refractivity contribution in [3.05, 3.63) is 76.9 Å². The number of fused-ring (bicyclic) bond motifs is 2. The summed E-state index contributed by atoms with van der Waals surface area (Å²) in [5.74, 6) is -0.120. The average Bonchev–Trinajstić information content (AvgIpc) is 3.39. The summed E-state index contributed by atoms with van der Waals surface area (Å²) < 4.78 is 11.0. The summed E-state index contributed by atoms with van der Waals surface area (Å²) in [5, 5.41) is 0. The molecule has 4 heteroatoms. The monoisotopic (exact) mass is 370 g/mol. The molecule has 0 N–H and O–H groups in total. The Hall–Kier alpha value is -2.88. The van der Waals surface area contributed by atoms with E-state index in [0.29, 0.717) is 0 Å². The summed E-state index contributed by atoms with van der Waals surface area (Å²) in [6, 6.07) is 14.4.